The fourth-order valence-corrected chi connectivity index (χ4v) is 3.25. The molecule has 7 nitrogen and oxygen atoms in total. The normalized spacial score (nSPS) is 30.8. The maximum absolute atomic E-state index is 12.3. The van der Waals surface area contributed by atoms with Crippen molar-refractivity contribution in [3.05, 3.63) is 0 Å². The molecule has 2 aliphatic rings. The van der Waals surface area contributed by atoms with E-state index in [9.17, 15) is 14.4 Å². The molecule has 1 heterocycles. The summed E-state index contributed by atoms with van der Waals surface area (Å²) in [6.07, 6.45) is 2.92. The third-order valence-corrected chi connectivity index (χ3v) is 4.42. The molecule has 0 aromatic heterocycles. The number of aliphatic hydroxyl groups excluding tert-OH is 1. The highest BCUT2D eigenvalue weighted by Gasteiger charge is 2.55. The molecule has 1 saturated heterocycles. The second kappa shape index (κ2) is 5.40. The molecule has 0 unspecified atom stereocenters. The first-order valence-electron chi connectivity index (χ1n) is 6.88. The van der Waals surface area contributed by atoms with Crippen molar-refractivity contribution in [1.82, 2.24) is 10.2 Å². The maximum atomic E-state index is 12.3. The Hall–Kier alpha value is -1.63. The summed E-state index contributed by atoms with van der Waals surface area (Å²) in [7, 11) is 0. The summed E-state index contributed by atoms with van der Waals surface area (Å²) >= 11 is 0. The number of carbonyl (C=O) groups is 3. The molecule has 2 rings (SSSR count). The van der Waals surface area contributed by atoms with Crippen LogP contribution in [0.5, 0.6) is 0 Å². The molecule has 7 heteroatoms. The number of hydrogen-bond acceptors (Lipinski definition) is 4. The topological polar surface area (TPSA) is 113 Å². The van der Waals surface area contributed by atoms with Gasteiger partial charge in [0.05, 0.1) is 12.0 Å². The Morgan fingerprint density at radius 2 is 2.10 bits per heavy atom. The molecule has 112 valence electrons. The molecule has 0 aromatic carbocycles. The maximum Gasteiger partial charge on any atom is 0.242 e. The summed E-state index contributed by atoms with van der Waals surface area (Å²) in [4.78, 5) is 35.8. The summed E-state index contributed by atoms with van der Waals surface area (Å²) in [6.45, 7) is 1.51. The molecule has 1 aliphatic carbocycles. The molecular formula is C13H21N3O4. The van der Waals surface area contributed by atoms with Gasteiger partial charge in [-0.3, -0.25) is 14.4 Å². The van der Waals surface area contributed by atoms with Crippen molar-refractivity contribution in [2.24, 2.45) is 11.1 Å². The van der Waals surface area contributed by atoms with E-state index in [4.69, 9.17) is 10.8 Å². The lowest BCUT2D eigenvalue weighted by Gasteiger charge is -2.53. The molecule has 0 bridgehead atoms. The number of nitrogens with one attached hydrogen (secondary N) is 1. The van der Waals surface area contributed by atoms with E-state index in [-0.39, 0.29) is 17.9 Å². The number of aliphatic hydroxyl groups is 1. The molecule has 2 fully saturated rings. The van der Waals surface area contributed by atoms with Crippen molar-refractivity contribution in [2.75, 3.05) is 13.2 Å². The number of likely N-dealkylation sites (tertiary alicyclic amines) is 1. The quantitative estimate of drug-likeness (QED) is 0.559. The van der Waals surface area contributed by atoms with E-state index < -0.39 is 24.0 Å². The standard InChI is InChI=1S/C13H21N3O4/c1-8(18)15-9-2-4-13(5-3-9)7-16(12(13)20)10(6-17)11(14)19/h9-10,17H,2-7H2,1H3,(H2,14,19)(H,15,18)/t9?,10-,13?/m0/s1. The minimum absolute atomic E-state index is 0.0541. The van der Waals surface area contributed by atoms with Gasteiger partial charge < -0.3 is 21.1 Å². The lowest BCUT2D eigenvalue weighted by molar-refractivity contribution is -0.172. The van der Waals surface area contributed by atoms with Crippen molar-refractivity contribution in [1.29, 1.82) is 0 Å². The smallest absolute Gasteiger partial charge is 0.242 e. The van der Waals surface area contributed by atoms with E-state index in [1.165, 1.54) is 11.8 Å². The van der Waals surface area contributed by atoms with Crippen LogP contribution in [0.25, 0.3) is 0 Å². The highest BCUT2D eigenvalue weighted by atomic mass is 16.3. The molecule has 0 radical (unpaired) electrons. The summed E-state index contributed by atoms with van der Waals surface area (Å²) in [5.41, 5.74) is 4.76. The van der Waals surface area contributed by atoms with Gasteiger partial charge in [-0.25, -0.2) is 0 Å². The molecule has 1 atom stereocenters. The number of β-lactam (4-membered cyclic amide) rings is 1. The van der Waals surface area contributed by atoms with Crippen molar-refractivity contribution in [2.45, 2.75) is 44.7 Å². The Bertz CT molecular complexity index is 429. The number of nitrogens with two attached hydrogens (primary N) is 1. The lowest BCUT2D eigenvalue weighted by atomic mass is 9.66. The van der Waals surface area contributed by atoms with E-state index in [0.29, 0.717) is 19.4 Å². The van der Waals surface area contributed by atoms with Crippen LogP contribution in [0.15, 0.2) is 0 Å². The number of rotatable bonds is 4. The van der Waals surface area contributed by atoms with E-state index in [1.807, 2.05) is 0 Å². The van der Waals surface area contributed by atoms with Gasteiger partial charge in [0.25, 0.3) is 0 Å². The average Bonchev–Trinajstić information content (AvgIpc) is 2.39. The zero-order chi connectivity index (χ0) is 14.9. The van der Waals surface area contributed by atoms with Gasteiger partial charge in [-0.05, 0) is 25.7 Å². The summed E-state index contributed by atoms with van der Waals surface area (Å²) in [5.74, 6) is -0.833. The predicted octanol–water partition coefficient (Wildman–Crippen LogP) is -1.26. The van der Waals surface area contributed by atoms with Crippen LogP contribution in [0, 0.1) is 5.41 Å². The van der Waals surface area contributed by atoms with Gasteiger partial charge in [0.1, 0.15) is 6.04 Å². The van der Waals surface area contributed by atoms with Gasteiger partial charge in [-0.2, -0.15) is 0 Å². The highest BCUT2D eigenvalue weighted by molar-refractivity contribution is 5.94. The van der Waals surface area contributed by atoms with Gasteiger partial charge in [0, 0.05) is 19.5 Å². The Labute approximate surface area is 117 Å². The molecule has 4 N–H and O–H groups in total. The minimum atomic E-state index is -0.916. The van der Waals surface area contributed by atoms with Gasteiger partial charge in [-0.1, -0.05) is 0 Å². The molecule has 1 aliphatic heterocycles. The molecular weight excluding hydrogens is 262 g/mol. The first-order valence-corrected chi connectivity index (χ1v) is 6.88. The first-order chi connectivity index (χ1) is 9.39. The SMILES string of the molecule is CC(=O)NC1CCC2(CC1)CN([C@@H](CO)C(N)=O)C2=O. The Balaban J connectivity index is 1.92. The molecule has 1 spiro atoms. The van der Waals surface area contributed by atoms with Gasteiger partial charge in [-0.15, -0.1) is 0 Å². The number of amides is 3. The van der Waals surface area contributed by atoms with Crippen LogP contribution in [0.3, 0.4) is 0 Å². The first kappa shape index (κ1) is 14.8. The van der Waals surface area contributed by atoms with Crippen LogP contribution < -0.4 is 11.1 Å². The fourth-order valence-electron chi connectivity index (χ4n) is 3.25. The predicted molar refractivity (Wildman–Crippen MR) is 70.3 cm³/mol. The van der Waals surface area contributed by atoms with E-state index in [0.717, 1.165) is 12.8 Å². The van der Waals surface area contributed by atoms with E-state index >= 15 is 0 Å². The second-order valence-corrected chi connectivity index (χ2v) is 5.79. The minimum Gasteiger partial charge on any atom is -0.394 e. The van der Waals surface area contributed by atoms with E-state index in [2.05, 4.69) is 5.32 Å². The summed E-state index contributed by atoms with van der Waals surface area (Å²) in [5, 5.41) is 12.0. The molecule has 20 heavy (non-hydrogen) atoms. The van der Waals surface area contributed by atoms with Crippen LogP contribution in [0.4, 0.5) is 0 Å². The number of hydrogen-bond donors (Lipinski definition) is 3. The third kappa shape index (κ3) is 2.49. The van der Waals surface area contributed by atoms with Gasteiger partial charge >= 0.3 is 0 Å². The monoisotopic (exact) mass is 283 g/mol. The molecule has 1 saturated carbocycles. The fraction of sp³-hybridized carbons (Fsp3) is 0.769. The van der Waals surface area contributed by atoms with Crippen molar-refractivity contribution in [3.63, 3.8) is 0 Å². The Morgan fingerprint density at radius 3 is 2.50 bits per heavy atom. The second-order valence-electron chi connectivity index (χ2n) is 5.79. The Kier molecular flexibility index (Phi) is 3.99. The number of carbonyl (C=O) groups excluding carboxylic acids is 3. The van der Waals surface area contributed by atoms with Gasteiger partial charge in [0.15, 0.2) is 0 Å². The lowest BCUT2D eigenvalue weighted by Crippen LogP contribution is -2.68. The van der Waals surface area contributed by atoms with Crippen LogP contribution in [-0.2, 0) is 14.4 Å². The van der Waals surface area contributed by atoms with E-state index in [1.54, 1.807) is 0 Å². The zero-order valence-electron chi connectivity index (χ0n) is 11.6. The molecule has 3 amide bonds. The largest absolute Gasteiger partial charge is 0.394 e. The zero-order valence-corrected chi connectivity index (χ0v) is 11.6. The van der Waals surface area contributed by atoms with Crippen LogP contribution >= 0.6 is 0 Å². The van der Waals surface area contributed by atoms with Crippen LogP contribution in [-0.4, -0.2) is 53.0 Å². The van der Waals surface area contributed by atoms with Crippen LogP contribution in [0.2, 0.25) is 0 Å². The summed E-state index contributed by atoms with van der Waals surface area (Å²) in [6, 6.07) is -0.786. The summed E-state index contributed by atoms with van der Waals surface area (Å²) < 4.78 is 0. The van der Waals surface area contributed by atoms with Gasteiger partial charge in [0.2, 0.25) is 17.7 Å². The molecule has 0 aromatic rings. The Morgan fingerprint density at radius 1 is 1.50 bits per heavy atom. The highest BCUT2D eigenvalue weighted by Crippen LogP contribution is 2.45. The van der Waals surface area contributed by atoms with Crippen molar-refractivity contribution < 1.29 is 19.5 Å². The average molecular weight is 283 g/mol. The number of nitrogens with zero attached hydrogens (tertiary/aromatic N) is 1. The van der Waals surface area contributed by atoms with Crippen molar-refractivity contribution in [3.8, 4) is 0 Å². The number of primary amides is 1. The van der Waals surface area contributed by atoms with Crippen LogP contribution in [0.1, 0.15) is 32.6 Å². The third-order valence-electron chi connectivity index (χ3n) is 4.42. The van der Waals surface area contributed by atoms with Crippen molar-refractivity contribution >= 4 is 17.7 Å².